The molecule has 1 N–H and O–H groups in total. The highest BCUT2D eigenvalue weighted by Gasteiger charge is 2.38. The van der Waals surface area contributed by atoms with Gasteiger partial charge in [-0.1, -0.05) is 0 Å². The van der Waals surface area contributed by atoms with E-state index in [0.717, 1.165) is 31.2 Å². The molecule has 2 aromatic heterocycles. The molecule has 0 saturated heterocycles. The molecule has 1 aliphatic rings. The lowest BCUT2D eigenvalue weighted by Crippen LogP contribution is -2.34. The molecule has 0 spiro atoms. The number of carboxylic acid groups (broad SMARTS) is 1. The lowest BCUT2D eigenvalue weighted by Gasteiger charge is -2.31. The van der Waals surface area contributed by atoms with Crippen LogP contribution >= 0.6 is 11.3 Å². The maximum absolute atomic E-state index is 10.6. The molecule has 7 nitrogen and oxygen atoms in total. The summed E-state index contributed by atoms with van der Waals surface area (Å²) in [5.41, 5.74) is 2.51. The number of halogens is 3. The van der Waals surface area contributed by atoms with Gasteiger partial charge in [-0.2, -0.15) is 18.3 Å². The van der Waals surface area contributed by atoms with Crippen LogP contribution in [0.15, 0.2) is 17.8 Å². The van der Waals surface area contributed by atoms with Gasteiger partial charge in [-0.3, -0.25) is 9.58 Å². The first kappa shape index (κ1) is 20.3. The van der Waals surface area contributed by atoms with Gasteiger partial charge in [0.15, 0.2) is 0 Å². The summed E-state index contributed by atoms with van der Waals surface area (Å²) in [6.07, 6.45) is -1.09. The van der Waals surface area contributed by atoms with E-state index in [0.29, 0.717) is 5.92 Å². The molecule has 0 saturated carbocycles. The highest BCUT2D eigenvalue weighted by molar-refractivity contribution is 7.09. The van der Waals surface area contributed by atoms with Gasteiger partial charge in [-0.25, -0.2) is 9.78 Å². The molecule has 2 aromatic rings. The normalized spacial score (nSPS) is 17.3. The first-order chi connectivity index (χ1) is 12.2. The maximum Gasteiger partial charge on any atom is 0.490 e. The van der Waals surface area contributed by atoms with Crippen molar-refractivity contribution < 1.29 is 27.8 Å². The van der Waals surface area contributed by atoms with E-state index < -0.39 is 12.1 Å². The predicted molar refractivity (Wildman–Crippen MR) is 87.7 cm³/mol. The van der Waals surface area contributed by atoms with Gasteiger partial charge in [0.1, 0.15) is 5.01 Å². The van der Waals surface area contributed by atoms with Crippen molar-refractivity contribution >= 4 is 17.3 Å². The molecule has 0 amide bonds. The van der Waals surface area contributed by atoms with Crippen LogP contribution in [0.1, 0.15) is 22.2 Å². The molecule has 1 unspecified atom stereocenters. The Hall–Kier alpha value is -1.98. The summed E-state index contributed by atoms with van der Waals surface area (Å²) in [6.45, 7) is 3.54. The molecule has 0 aromatic carbocycles. The first-order valence-electron chi connectivity index (χ1n) is 7.63. The minimum atomic E-state index is -5.08. The van der Waals surface area contributed by atoms with Crippen LogP contribution in [0.2, 0.25) is 0 Å². The molecular formula is C15H19F3N4O3S. The predicted octanol–water partition coefficient (Wildman–Crippen LogP) is 2.26. The number of aliphatic carboxylic acids is 1. The van der Waals surface area contributed by atoms with E-state index in [-0.39, 0.29) is 0 Å². The summed E-state index contributed by atoms with van der Waals surface area (Å²) in [7, 11) is 3.74. The molecule has 11 heteroatoms. The summed E-state index contributed by atoms with van der Waals surface area (Å²) in [6, 6.07) is 0. The Morgan fingerprint density at radius 2 is 2.19 bits per heavy atom. The number of aryl methyl sites for hydroxylation is 1. The van der Waals surface area contributed by atoms with Crippen molar-refractivity contribution in [2.75, 3.05) is 20.3 Å². The van der Waals surface area contributed by atoms with Crippen molar-refractivity contribution in [1.29, 1.82) is 0 Å². The van der Waals surface area contributed by atoms with Crippen molar-refractivity contribution in [3.63, 3.8) is 0 Å². The minimum Gasteiger partial charge on any atom is -0.475 e. The molecule has 1 atom stereocenters. The largest absolute Gasteiger partial charge is 0.490 e. The second kappa shape index (κ2) is 8.60. The van der Waals surface area contributed by atoms with E-state index in [1.807, 2.05) is 23.3 Å². The number of ether oxygens (including phenoxy) is 1. The number of hydrogen-bond acceptors (Lipinski definition) is 6. The Morgan fingerprint density at radius 3 is 2.73 bits per heavy atom. The van der Waals surface area contributed by atoms with E-state index in [1.165, 1.54) is 11.3 Å². The third kappa shape index (κ3) is 5.51. The van der Waals surface area contributed by atoms with Crippen molar-refractivity contribution in [2.45, 2.75) is 25.2 Å². The number of carboxylic acids is 1. The third-order valence-electron chi connectivity index (χ3n) is 3.68. The van der Waals surface area contributed by atoms with Gasteiger partial charge < -0.3 is 9.84 Å². The zero-order valence-electron chi connectivity index (χ0n) is 14.2. The van der Waals surface area contributed by atoms with Crippen LogP contribution in [0.4, 0.5) is 13.2 Å². The number of fused-ring (bicyclic) bond motifs is 1. The van der Waals surface area contributed by atoms with Gasteiger partial charge in [0, 0.05) is 56.5 Å². The fraction of sp³-hybridized carbons (Fsp3) is 0.533. The molecule has 0 bridgehead atoms. The summed E-state index contributed by atoms with van der Waals surface area (Å²) < 4.78 is 39.0. The first-order valence-corrected chi connectivity index (χ1v) is 8.50. The second-order valence-corrected chi connectivity index (χ2v) is 6.73. The standard InChI is InChI=1S/C13H18N4OS.C2HF3O2/c1-16-6-11-10(9-18-2)5-17(7-12(11)15-16)8-13-14-3-4-19-13;3-2(4,5)1(6)7/h3-4,6,10H,5,7-9H2,1-2H3;(H,6,7). The maximum atomic E-state index is 10.6. The van der Waals surface area contributed by atoms with Crippen molar-refractivity contribution in [1.82, 2.24) is 19.7 Å². The molecule has 3 heterocycles. The van der Waals surface area contributed by atoms with Crippen LogP contribution in [-0.2, 0) is 29.7 Å². The van der Waals surface area contributed by atoms with E-state index >= 15 is 0 Å². The summed E-state index contributed by atoms with van der Waals surface area (Å²) in [5, 5.41) is 14.9. The van der Waals surface area contributed by atoms with Crippen LogP contribution in [-0.4, -0.2) is 57.2 Å². The number of methoxy groups -OCH3 is 1. The quantitative estimate of drug-likeness (QED) is 0.860. The molecule has 0 fully saturated rings. The fourth-order valence-corrected chi connectivity index (χ4v) is 3.35. The smallest absolute Gasteiger partial charge is 0.475 e. The molecule has 3 rings (SSSR count). The van der Waals surface area contributed by atoms with Crippen LogP contribution < -0.4 is 0 Å². The number of carbonyl (C=O) groups is 1. The summed E-state index contributed by atoms with van der Waals surface area (Å²) in [4.78, 5) is 15.7. The topological polar surface area (TPSA) is 80.5 Å². The number of alkyl halides is 3. The average molecular weight is 392 g/mol. The Bertz CT molecular complexity index is 718. The molecule has 144 valence electrons. The van der Waals surface area contributed by atoms with Gasteiger partial charge in [-0.15, -0.1) is 11.3 Å². The Balaban J connectivity index is 0.000000298. The van der Waals surface area contributed by atoms with E-state index in [1.54, 1.807) is 18.4 Å². The Kier molecular flexibility index (Phi) is 6.73. The Morgan fingerprint density at radius 1 is 1.50 bits per heavy atom. The molecule has 1 aliphatic heterocycles. The van der Waals surface area contributed by atoms with Gasteiger partial charge >= 0.3 is 12.1 Å². The highest BCUT2D eigenvalue weighted by Crippen LogP contribution is 2.28. The zero-order chi connectivity index (χ0) is 19.3. The number of rotatable bonds is 4. The van der Waals surface area contributed by atoms with Crippen molar-refractivity contribution in [3.05, 3.63) is 34.0 Å². The fourth-order valence-electron chi connectivity index (χ4n) is 2.69. The van der Waals surface area contributed by atoms with Gasteiger partial charge in [0.2, 0.25) is 0 Å². The molecule has 0 aliphatic carbocycles. The van der Waals surface area contributed by atoms with E-state index in [2.05, 4.69) is 21.2 Å². The van der Waals surface area contributed by atoms with Crippen LogP contribution in [0.5, 0.6) is 0 Å². The van der Waals surface area contributed by atoms with Crippen molar-refractivity contribution in [2.24, 2.45) is 7.05 Å². The third-order valence-corrected chi connectivity index (χ3v) is 4.45. The minimum absolute atomic E-state index is 0.405. The second-order valence-electron chi connectivity index (χ2n) is 5.76. The lowest BCUT2D eigenvalue weighted by atomic mass is 9.96. The number of hydrogen-bond donors (Lipinski definition) is 1. The van der Waals surface area contributed by atoms with Gasteiger partial charge in [-0.05, 0) is 0 Å². The summed E-state index contributed by atoms with van der Waals surface area (Å²) in [5.74, 6) is -2.35. The number of thiazole rings is 1. The SMILES string of the molecule is COCC1CN(Cc2nccs2)Cc2nn(C)cc21.O=C(O)C(F)(F)F. The van der Waals surface area contributed by atoms with Gasteiger partial charge in [0.05, 0.1) is 18.8 Å². The number of nitrogens with zero attached hydrogens (tertiary/aromatic N) is 4. The molecule has 0 radical (unpaired) electrons. The average Bonchev–Trinajstić information content (AvgIpc) is 3.16. The molecule has 26 heavy (non-hydrogen) atoms. The van der Waals surface area contributed by atoms with Gasteiger partial charge in [0.25, 0.3) is 0 Å². The highest BCUT2D eigenvalue weighted by atomic mass is 32.1. The van der Waals surface area contributed by atoms with E-state index in [4.69, 9.17) is 14.6 Å². The van der Waals surface area contributed by atoms with Crippen LogP contribution in [0, 0.1) is 0 Å². The molecular weight excluding hydrogens is 373 g/mol. The van der Waals surface area contributed by atoms with Crippen LogP contribution in [0.3, 0.4) is 0 Å². The summed E-state index contributed by atoms with van der Waals surface area (Å²) >= 11 is 1.71. The Labute approximate surface area is 152 Å². The number of aromatic nitrogens is 3. The zero-order valence-corrected chi connectivity index (χ0v) is 15.0. The monoisotopic (exact) mass is 392 g/mol. The van der Waals surface area contributed by atoms with Crippen molar-refractivity contribution in [3.8, 4) is 0 Å². The van der Waals surface area contributed by atoms with E-state index in [9.17, 15) is 13.2 Å². The van der Waals surface area contributed by atoms with Crippen LogP contribution in [0.25, 0.3) is 0 Å². The lowest BCUT2D eigenvalue weighted by molar-refractivity contribution is -0.192.